The summed E-state index contributed by atoms with van der Waals surface area (Å²) >= 11 is 5.03. The second-order valence-corrected chi connectivity index (χ2v) is 6.93. The smallest absolute Gasteiger partial charge is 0.103 e. The predicted octanol–water partition coefficient (Wildman–Crippen LogP) is 3.74. The van der Waals surface area contributed by atoms with Crippen molar-refractivity contribution < 1.29 is 0 Å². The third-order valence-electron chi connectivity index (χ3n) is 3.27. The van der Waals surface area contributed by atoms with Gasteiger partial charge in [-0.2, -0.15) is 0 Å². The van der Waals surface area contributed by atoms with Crippen molar-refractivity contribution in [1.82, 2.24) is 4.90 Å². The van der Waals surface area contributed by atoms with E-state index in [1.165, 1.54) is 11.1 Å². The lowest BCUT2D eigenvalue weighted by Crippen LogP contribution is -2.31. The number of benzene rings is 1. The van der Waals surface area contributed by atoms with E-state index in [4.69, 9.17) is 18.0 Å². The Morgan fingerprint density at radius 3 is 2.10 bits per heavy atom. The van der Waals surface area contributed by atoms with E-state index in [9.17, 15) is 0 Å². The summed E-state index contributed by atoms with van der Waals surface area (Å²) in [6.45, 7) is 14.5. The maximum Gasteiger partial charge on any atom is 0.103 e. The van der Waals surface area contributed by atoms with Crippen molar-refractivity contribution >= 4 is 17.2 Å². The third-order valence-corrected chi connectivity index (χ3v) is 3.50. The first-order chi connectivity index (χ1) is 9.29. The lowest BCUT2D eigenvalue weighted by Gasteiger charge is -2.27. The number of hydrogen-bond donors (Lipinski definition) is 1. The van der Waals surface area contributed by atoms with E-state index >= 15 is 0 Å². The molecular formula is C17H28N2S. The van der Waals surface area contributed by atoms with Gasteiger partial charge < -0.3 is 5.73 Å². The second kappa shape index (κ2) is 7.75. The van der Waals surface area contributed by atoms with Gasteiger partial charge in [0, 0.05) is 25.2 Å². The van der Waals surface area contributed by atoms with Crippen LogP contribution in [0.5, 0.6) is 0 Å². The topological polar surface area (TPSA) is 29.3 Å². The van der Waals surface area contributed by atoms with Crippen LogP contribution in [0.1, 0.15) is 44.4 Å². The first kappa shape index (κ1) is 17.1. The summed E-state index contributed by atoms with van der Waals surface area (Å²) in [6, 6.07) is 6.30. The first-order valence-corrected chi connectivity index (χ1v) is 7.82. The summed E-state index contributed by atoms with van der Waals surface area (Å²) in [5.41, 5.74) is 9.28. The van der Waals surface area contributed by atoms with Crippen molar-refractivity contribution in [2.24, 2.45) is 17.6 Å². The van der Waals surface area contributed by atoms with Crippen LogP contribution in [0.2, 0.25) is 0 Å². The molecule has 1 rings (SSSR count). The highest BCUT2D eigenvalue weighted by Crippen LogP contribution is 2.16. The van der Waals surface area contributed by atoms with Crippen LogP contribution in [0, 0.1) is 18.8 Å². The molecule has 0 aliphatic carbocycles. The summed E-state index contributed by atoms with van der Waals surface area (Å²) in [4.78, 5) is 3.01. The number of aryl methyl sites for hydroxylation is 1. The number of rotatable bonds is 7. The van der Waals surface area contributed by atoms with E-state index in [1.54, 1.807) is 0 Å². The summed E-state index contributed by atoms with van der Waals surface area (Å²) in [7, 11) is 0. The highest BCUT2D eigenvalue weighted by molar-refractivity contribution is 7.80. The average molecular weight is 292 g/mol. The molecule has 0 atom stereocenters. The Morgan fingerprint density at radius 1 is 1.15 bits per heavy atom. The van der Waals surface area contributed by atoms with E-state index in [-0.39, 0.29) is 0 Å². The van der Waals surface area contributed by atoms with Crippen molar-refractivity contribution in [3.63, 3.8) is 0 Å². The van der Waals surface area contributed by atoms with Crippen molar-refractivity contribution in [1.29, 1.82) is 0 Å². The summed E-state index contributed by atoms with van der Waals surface area (Å²) in [5.74, 6) is 1.37. The Kier molecular flexibility index (Phi) is 6.63. The van der Waals surface area contributed by atoms with E-state index in [0.717, 1.165) is 25.2 Å². The van der Waals surface area contributed by atoms with E-state index in [0.29, 0.717) is 16.8 Å². The molecule has 1 aromatic carbocycles. The Bertz CT molecular complexity index is 442. The van der Waals surface area contributed by atoms with Crippen LogP contribution in [-0.2, 0) is 6.54 Å². The maximum atomic E-state index is 5.69. The van der Waals surface area contributed by atoms with E-state index in [2.05, 4.69) is 51.7 Å². The predicted molar refractivity (Wildman–Crippen MR) is 92.0 cm³/mol. The van der Waals surface area contributed by atoms with E-state index < -0.39 is 0 Å². The van der Waals surface area contributed by atoms with Gasteiger partial charge in [0.1, 0.15) is 4.99 Å². The summed E-state index contributed by atoms with van der Waals surface area (Å²) < 4.78 is 0. The molecule has 1 aromatic rings. The van der Waals surface area contributed by atoms with Gasteiger partial charge in [0.2, 0.25) is 0 Å². The monoisotopic (exact) mass is 292 g/mol. The van der Waals surface area contributed by atoms with Crippen molar-refractivity contribution in [2.75, 3.05) is 13.1 Å². The first-order valence-electron chi connectivity index (χ1n) is 7.41. The molecule has 0 aliphatic rings. The largest absolute Gasteiger partial charge is 0.389 e. The van der Waals surface area contributed by atoms with Gasteiger partial charge in [0.05, 0.1) is 0 Å². The van der Waals surface area contributed by atoms with Gasteiger partial charge in [-0.3, -0.25) is 4.90 Å². The van der Waals surface area contributed by atoms with Crippen LogP contribution < -0.4 is 5.73 Å². The highest BCUT2D eigenvalue weighted by atomic mass is 32.1. The Hall–Kier alpha value is -0.930. The molecule has 0 fully saturated rings. The number of nitrogens with zero attached hydrogens (tertiary/aromatic N) is 1. The fourth-order valence-electron chi connectivity index (χ4n) is 2.50. The molecule has 3 heteroatoms. The molecule has 20 heavy (non-hydrogen) atoms. The van der Waals surface area contributed by atoms with Crippen LogP contribution in [0.25, 0.3) is 0 Å². The molecule has 0 heterocycles. The van der Waals surface area contributed by atoms with E-state index in [1.807, 2.05) is 6.07 Å². The molecule has 0 unspecified atom stereocenters. The lowest BCUT2D eigenvalue weighted by molar-refractivity contribution is 0.211. The zero-order valence-electron chi connectivity index (χ0n) is 13.4. The van der Waals surface area contributed by atoms with Crippen LogP contribution in [-0.4, -0.2) is 23.0 Å². The standard InChI is InChI=1S/C17H28N2S/c1-12(2)9-19(10-13(3)4)11-16-7-6-15(17(18)20)8-14(16)5/h6-8,12-13H,9-11H2,1-5H3,(H2,18,20). The van der Waals surface area contributed by atoms with Crippen LogP contribution in [0.3, 0.4) is 0 Å². The Morgan fingerprint density at radius 2 is 1.70 bits per heavy atom. The fourth-order valence-corrected chi connectivity index (χ4v) is 2.63. The van der Waals surface area contributed by atoms with Gasteiger partial charge in [0.15, 0.2) is 0 Å². The zero-order valence-corrected chi connectivity index (χ0v) is 14.3. The van der Waals surface area contributed by atoms with Gasteiger partial charge >= 0.3 is 0 Å². The molecule has 0 saturated carbocycles. The molecule has 2 nitrogen and oxygen atoms in total. The van der Waals surface area contributed by atoms with Gasteiger partial charge in [-0.1, -0.05) is 52.0 Å². The molecule has 2 N–H and O–H groups in total. The normalized spacial score (nSPS) is 11.6. The van der Waals surface area contributed by atoms with Gasteiger partial charge in [-0.05, 0) is 36.0 Å². The van der Waals surface area contributed by atoms with Crippen molar-refractivity contribution in [2.45, 2.75) is 41.2 Å². The van der Waals surface area contributed by atoms with Gasteiger partial charge in [0.25, 0.3) is 0 Å². The van der Waals surface area contributed by atoms with Gasteiger partial charge in [-0.15, -0.1) is 0 Å². The van der Waals surface area contributed by atoms with Crippen LogP contribution in [0.15, 0.2) is 18.2 Å². The fraction of sp³-hybridized carbons (Fsp3) is 0.588. The minimum Gasteiger partial charge on any atom is -0.389 e. The molecule has 0 saturated heterocycles. The Balaban J connectivity index is 2.84. The zero-order chi connectivity index (χ0) is 15.3. The van der Waals surface area contributed by atoms with Crippen LogP contribution >= 0.6 is 12.2 Å². The molecule has 0 bridgehead atoms. The third kappa shape index (κ3) is 5.59. The maximum absolute atomic E-state index is 5.69. The summed E-state index contributed by atoms with van der Waals surface area (Å²) in [6.07, 6.45) is 0. The number of hydrogen-bond acceptors (Lipinski definition) is 2. The molecular weight excluding hydrogens is 264 g/mol. The van der Waals surface area contributed by atoms with Crippen LogP contribution in [0.4, 0.5) is 0 Å². The average Bonchev–Trinajstić information content (AvgIpc) is 2.29. The lowest BCUT2D eigenvalue weighted by atomic mass is 10.0. The second-order valence-electron chi connectivity index (χ2n) is 6.49. The molecule has 0 spiro atoms. The van der Waals surface area contributed by atoms with Gasteiger partial charge in [-0.25, -0.2) is 0 Å². The molecule has 0 aromatic heterocycles. The highest BCUT2D eigenvalue weighted by Gasteiger charge is 2.12. The molecule has 112 valence electrons. The Labute approximate surface area is 129 Å². The summed E-state index contributed by atoms with van der Waals surface area (Å²) in [5, 5.41) is 0. The molecule has 0 aliphatic heterocycles. The van der Waals surface area contributed by atoms with Crippen molar-refractivity contribution in [3.8, 4) is 0 Å². The minimum atomic E-state index is 0.473. The quantitative estimate of drug-likeness (QED) is 0.776. The number of nitrogens with two attached hydrogens (primary N) is 1. The molecule has 0 radical (unpaired) electrons. The van der Waals surface area contributed by atoms with Crippen molar-refractivity contribution in [3.05, 3.63) is 34.9 Å². The SMILES string of the molecule is Cc1cc(C(N)=S)ccc1CN(CC(C)C)CC(C)C. The minimum absolute atomic E-state index is 0.473. The number of thiocarbonyl (C=S) groups is 1. The molecule has 0 amide bonds.